The second-order valence-corrected chi connectivity index (χ2v) is 3.95. The summed E-state index contributed by atoms with van der Waals surface area (Å²) in [6, 6.07) is 7.13. The maximum absolute atomic E-state index is 11.9. The number of rotatable bonds is 3. The molecule has 2 rings (SSSR count). The molecule has 92 valence electrons. The Morgan fingerprint density at radius 3 is 2.76 bits per heavy atom. The van der Waals surface area contributed by atoms with Crippen LogP contribution in [0.1, 0.15) is 15.9 Å². The first-order chi connectivity index (χ1) is 8.20. The molecule has 0 radical (unpaired) electrons. The zero-order chi connectivity index (χ0) is 12.3. The van der Waals surface area contributed by atoms with Crippen molar-refractivity contribution in [2.75, 3.05) is 20.3 Å². The number of hydrogen-bond acceptors (Lipinski definition) is 4. The molecule has 1 heterocycles. The molecule has 5 heteroatoms. The maximum Gasteiger partial charge on any atom is 0.277 e. The van der Waals surface area contributed by atoms with Crippen LogP contribution in [0.2, 0.25) is 0 Å². The van der Waals surface area contributed by atoms with Crippen molar-refractivity contribution in [2.24, 2.45) is 0 Å². The summed E-state index contributed by atoms with van der Waals surface area (Å²) in [5, 5.41) is 10.5. The third-order valence-electron chi connectivity index (χ3n) is 2.54. The van der Waals surface area contributed by atoms with Crippen molar-refractivity contribution >= 4 is 5.91 Å². The highest BCUT2D eigenvalue weighted by atomic mass is 16.7. The maximum atomic E-state index is 11.9. The molecule has 0 aromatic heterocycles. The van der Waals surface area contributed by atoms with Crippen molar-refractivity contribution < 1.29 is 19.5 Å². The summed E-state index contributed by atoms with van der Waals surface area (Å²) in [6.07, 6.45) is -0.591. The third kappa shape index (κ3) is 2.82. The van der Waals surface area contributed by atoms with Crippen molar-refractivity contribution in [1.82, 2.24) is 5.06 Å². The molecule has 0 unspecified atom stereocenters. The van der Waals surface area contributed by atoms with Crippen LogP contribution in [0.5, 0.6) is 0 Å². The van der Waals surface area contributed by atoms with Gasteiger partial charge in [-0.3, -0.25) is 9.63 Å². The number of methoxy groups -OCH3 is 1. The largest absolute Gasteiger partial charge is 0.389 e. The van der Waals surface area contributed by atoms with E-state index >= 15 is 0 Å². The van der Waals surface area contributed by atoms with Gasteiger partial charge in [-0.2, -0.15) is 0 Å². The van der Waals surface area contributed by atoms with Crippen LogP contribution in [0.25, 0.3) is 0 Å². The highest BCUT2D eigenvalue weighted by Gasteiger charge is 2.26. The lowest BCUT2D eigenvalue weighted by Gasteiger charge is -2.13. The Bertz CT molecular complexity index is 390. The summed E-state index contributed by atoms with van der Waals surface area (Å²) in [7, 11) is 1.62. The fourth-order valence-electron chi connectivity index (χ4n) is 1.67. The van der Waals surface area contributed by atoms with E-state index in [1.54, 1.807) is 19.2 Å². The second kappa shape index (κ2) is 5.27. The van der Waals surface area contributed by atoms with Gasteiger partial charge in [-0.1, -0.05) is 12.1 Å². The van der Waals surface area contributed by atoms with Gasteiger partial charge in [0.1, 0.15) is 12.7 Å². The Balaban J connectivity index is 2.04. The van der Waals surface area contributed by atoms with Gasteiger partial charge in [-0.05, 0) is 17.7 Å². The van der Waals surface area contributed by atoms with Crippen LogP contribution in [0.15, 0.2) is 24.3 Å². The van der Waals surface area contributed by atoms with Crippen LogP contribution in [-0.4, -0.2) is 42.4 Å². The number of amides is 1. The Hall–Kier alpha value is -1.43. The fourth-order valence-corrected chi connectivity index (χ4v) is 1.67. The molecular formula is C12H15NO4. The number of carbonyl (C=O) groups excluding carboxylic acids is 1. The first-order valence-electron chi connectivity index (χ1n) is 5.41. The molecular weight excluding hydrogens is 222 g/mol. The van der Waals surface area contributed by atoms with Gasteiger partial charge in [0.05, 0.1) is 13.2 Å². The summed E-state index contributed by atoms with van der Waals surface area (Å²) in [4.78, 5) is 17.0. The Morgan fingerprint density at radius 1 is 1.53 bits per heavy atom. The van der Waals surface area contributed by atoms with Crippen molar-refractivity contribution in [3.63, 3.8) is 0 Å². The summed E-state index contributed by atoms with van der Waals surface area (Å²) in [5.74, 6) is -0.231. The molecule has 17 heavy (non-hydrogen) atoms. The van der Waals surface area contributed by atoms with Crippen LogP contribution in [-0.2, 0) is 16.2 Å². The van der Waals surface area contributed by atoms with Crippen LogP contribution in [0, 0.1) is 0 Å². The Labute approximate surface area is 99.5 Å². The lowest BCUT2D eigenvalue weighted by atomic mass is 10.1. The van der Waals surface area contributed by atoms with E-state index < -0.39 is 6.10 Å². The number of benzene rings is 1. The molecule has 5 nitrogen and oxygen atoms in total. The van der Waals surface area contributed by atoms with Crippen LogP contribution in [0.4, 0.5) is 0 Å². The zero-order valence-corrected chi connectivity index (χ0v) is 9.63. The normalized spacial score (nSPS) is 19.6. The van der Waals surface area contributed by atoms with E-state index in [0.717, 1.165) is 5.56 Å². The minimum atomic E-state index is -0.591. The van der Waals surface area contributed by atoms with E-state index in [1.165, 1.54) is 5.06 Å². The van der Waals surface area contributed by atoms with Crippen LogP contribution in [0.3, 0.4) is 0 Å². The lowest BCUT2D eigenvalue weighted by molar-refractivity contribution is -0.0779. The van der Waals surface area contributed by atoms with Gasteiger partial charge >= 0.3 is 0 Å². The number of ether oxygens (including phenoxy) is 1. The summed E-state index contributed by atoms with van der Waals surface area (Å²) < 4.78 is 4.99. The van der Waals surface area contributed by atoms with Crippen molar-refractivity contribution in [3.05, 3.63) is 35.4 Å². The van der Waals surface area contributed by atoms with Crippen LogP contribution >= 0.6 is 0 Å². The van der Waals surface area contributed by atoms with Crippen molar-refractivity contribution in [2.45, 2.75) is 12.7 Å². The molecule has 1 aromatic carbocycles. The lowest BCUT2D eigenvalue weighted by Crippen LogP contribution is -2.28. The number of hydroxylamine groups is 2. The monoisotopic (exact) mass is 237 g/mol. The molecule has 1 aliphatic rings. The average molecular weight is 237 g/mol. The standard InChI is InChI=1S/C12H15NO4/c1-16-7-9-2-4-10(5-3-9)12(15)13-6-11(14)8-17-13/h2-5,11,14H,6-8H2,1H3/t11-/m0/s1. The highest BCUT2D eigenvalue weighted by molar-refractivity contribution is 5.93. The number of aliphatic hydroxyl groups excluding tert-OH is 1. The first-order valence-corrected chi connectivity index (χ1v) is 5.41. The summed E-state index contributed by atoms with van der Waals surface area (Å²) in [5.41, 5.74) is 1.55. The van der Waals surface area contributed by atoms with Crippen LogP contribution < -0.4 is 0 Å². The Morgan fingerprint density at radius 2 is 2.24 bits per heavy atom. The number of aliphatic hydroxyl groups is 1. The number of β-amino-alcohol motifs (C(OH)–C–C–N with tert-alkyl or cyclic N) is 1. The fraction of sp³-hybridized carbons (Fsp3) is 0.417. The van der Waals surface area contributed by atoms with E-state index in [0.29, 0.717) is 12.2 Å². The van der Waals surface area contributed by atoms with Crippen molar-refractivity contribution in [3.8, 4) is 0 Å². The molecule has 0 bridgehead atoms. The van der Waals surface area contributed by atoms with E-state index in [-0.39, 0.29) is 19.1 Å². The molecule has 1 aliphatic heterocycles. The summed E-state index contributed by atoms with van der Waals surface area (Å²) >= 11 is 0. The molecule has 1 N–H and O–H groups in total. The third-order valence-corrected chi connectivity index (χ3v) is 2.54. The SMILES string of the molecule is COCc1ccc(C(=O)N2C[C@H](O)CO2)cc1. The minimum Gasteiger partial charge on any atom is -0.389 e. The molecule has 1 saturated heterocycles. The molecule has 1 amide bonds. The molecule has 1 atom stereocenters. The highest BCUT2D eigenvalue weighted by Crippen LogP contribution is 2.13. The number of carbonyl (C=O) groups is 1. The van der Waals surface area contributed by atoms with Gasteiger partial charge in [0.2, 0.25) is 0 Å². The molecule has 0 aliphatic carbocycles. The van der Waals surface area contributed by atoms with E-state index in [2.05, 4.69) is 0 Å². The quantitative estimate of drug-likeness (QED) is 0.835. The second-order valence-electron chi connectivity index (χ2n) is 3.95. The molecule has 1 fully saturated rings. The van der Waals surface area contributed by atoms with Gasteiger partial charge in [0, 0.05) is 12.7 Å². The van der Waals surface area contributed by atoms with E-state index in [4.69, 9.17) is 9.57 Å². The number of hydrogen-bond donors (Lipinski definition) is 1. The van der Waals surface area contributed by atoms with Gasteiger partial charge in [-0.25, -0.2) is 5.06 Å². The average Bonchev–Trinajstić information content (AvgIpc) is 2.76. The topological polar surface area (TPSA) is 59.0 Å². The first kappa shape index (κ1) is 12.0. The van der Waals surface area contributed by atoms with Gasteiger partial charge in [0.15, 0.2) is 0 Å². The zero-order valence-electron chi connectivity index (χ0n) is 9.63. The predicted molar refractivity (Wildman–Crippen MR) is 60.2 cm³/mol. The Kier molecular flexibility index (Phi) is 3.73. The van der Waals surface area contributed by atoms with E-state index in [9.17, 15) is 9.90 Å². The molecule has 1 aromatic rings. The smallest absolute Gasteiger partial charge is 0.277 e. The van der Waals surface area contributed by atoms with Crippen molar-refractivity contribution in [1.29, 1.82) is 0 Å². The van der Waals surface area contributed by atoms with Gasteiger partial charge < -0.3 is 9.84 Å². The van der Waals surface area contributed by atoms with Gasteiger partial charge in [0.25, 0.3) is 5.91 Å². The molecule has 0 saturated carbocycles. The summed E-state index contributed by atoms with van der Waals surface area (Å²) in [6.45, 7) is 0.916. The van der Waals surface area contributed by atoms with Gasteiger partial charge in [-0.15, -0.1) is 0 Å². The minimum absolute atomic E-state index is 0.174. The predicted octanol–water partition coefficient (Wildman–Crippen LogP) is 0.581. The number of nitrogens with zero attached hydrogens (tertiary/aromatic N) is 1. The molecule has 0 spiro atoms. The van der Waals surface area contributed by atoms with E-state index in [1.807, 2.05) is 12.1 Å².